The number of hydrogen-bond acceptors (Lipinski definition) is 9. The van der Waals surface area contributed by atoms with Crippen molar-refractivity contribution in [1.82, 2.24) is 0 Å². The Kier molecular flexibility index (Phi) is 5.39. The van der Waals surface area contributed by atoms with Crippen LogP contribution in [-0.4, -0.2) is 64.8 Å². The second-order valence-electron chi connectivity index (χ2n) is 7.20. The monoisotopic (exact) mass is 418 g/mol. The molecule has 0 bridgehead atoms. The summed E-state index contributed by atoms with van der Waals surface area (Å²) in [4.78, 5) is 12.5. The molecule has 0 unspecified atom stereocenters. The summed E-state index contributed by atoms with van der Waals surface area (Å²) < 4.78 is 21.9. The highest BCUT2D eigenvalue weighted by atomic mass is 16.7. The molecule has 0 spiro atoms. The van der Waals surface area contributed by atoms with Gasteiger partial charge in [-0.1, -0.05) is 6.07 Å². The van der Waals surface area contributed by atoms with Crippen LogP contribution in [0.1, 0.15) is 5.56 Å². The molecule has 9 heteroatoms. The van der Waals surface area contributed by atoms with Gasteiger partial charge in [-0.3, -0.25) is 0 Å². The van der Waals surface area contributed by atoms with Crippen molar-refractivity contribution in [3.8, 4) is 11.5 Å². The summed E-state index contributed by atoms with van der Waals surface area (Å²) in [5, 5.41) is 41.0. The first kappa shape index (κ1) is 20.6. The molecule has 1 aromatic heterocycles. The maximum atomic E-state index is 12.5. The molecule has 0 radical (unpaired) electrons. The fourth-order valence-electron chi connectivity index (χ4n) is 3.77. The molecule has 0 saturated carbocycles. The van der Waals surface area contributed by atoms with Crippen LogP contribution in [-0.2, 0) is 4.74 Å². The van der Waals surface area contributed by atoms with Crippen LogP contribution in [0.2, 0.25) is 0 Å². The highest BCUT2D eigenvalue weighted by Crippen LogP contribution is 2.36. The van der Waals surface area contributed by atoms with Crippen molar-refractivity contribution < 1.29 is 39.1 Å². The third-order valence-electron chi connectivity index (χ3n) is 5.29. The highest BCUT2D eigenvalue weighted by Gasteiger charge is 2.44. The van der Waals surface area contributed by atoms with Crippen molar-refractivity contribution in [2.24, 2.45) is 0 Å². The van der Waals surface area contributed by atoms with Crippen LogP contribution < -0.4 is 15.1 Å². The van der Waals surface area contributed by atoms with Gasteiger partial charge in [-0.25, -0.2) is 4.79 Å². The molecule has 0 aliphatic carbocycles. The van der Waals surface area contributed by atoms with Gasteiger partial charge in [0.15, 0.2) is 0 Å². The molecule has 5 atom stereocenters. The first-order chi connectivity index (χ1) is 14.3. The number of rotatable bonds is 4. The van der Waals surface area contributed by atoms with E-state index in [0.717, 1.165) is 0 Å². The zero-order valence-electron chi connectivity index (χ0n) is 16.3. The molecule has 1 saturated heterocycles. The molecular formula is C21H22O9. The maximum absolute atomic E-state index is 12.5. The number of methoxy groups -OCH3 is 1. The van der Waals surface area contributed by atoms with Crippen LogP contribution in [0.5, 0.6) is 11.5 Å². The predicted molar refractivity (Wildman–Crippen MR) is 106 cm³/mol. The van der Waals surface area contributed by atoms with Crippen LogP contribution in [0.15, 0.2) is 39.5 Å². The minimum absolute atomic E-state index is 0.210. The van der Waals surface area contributed by atoms with Crippen molar-refractivity contribution in [1.29, 1.82) is 0 Å². The molecule has 1 aliphatic heterocycles. The number of fused-ring (bicyclic) bond motifs is 3. The Hall–Kier alpha value is -2.69. The van der Waals surface area contributed by atoms with Gasteiger partial charge < -0.3 is 39.1 Å². The third-order valence-corrected chi connectivity index (χ3v) is 5.29. The van der Waals surface area contributed by atoms with Crippen LogP contribution in [0, 0.1) is 6.92 Å². The summed E-state index contributed by atoms with van der Waals surface area (Å²) in [6, 6.07) is 8.24. The molecule has 9 nitrogen and oxygen atoms in total. The van der Waals surface area contributed by atoms with Gasteiger partial charge in [0.05, 0.1) is 19.1 Å². The largest absolute Gasteiger partial charge is 0.496 e. The van der Waals surface area contributed by atoms with Gasteiger partial charge in [-0.2, -0.15) is 0 Å². The van der Waals surface area contributed by atoms with E-state index < -0.39 is 42.9 Å². The van der Waals surface area contributed by atoms with Gasteiger partial charge in [0.25, 0.3) is 0 Å². The average molecular weight is 418 g/mol. The Morgan fingerprint density at radius 2 is 1.83 bits per heavy atom. The lowest BCUT2D eigenvalue weighted by atomic mass is 9.99. The number of ether oxygens (including phenoxy) is 3. The van der Waals surface area contributed by atoms with Crippen molar-refractivity contribution in [3.63, 3.8) is 0 Å². The van der Waals surface area contributed by atoms with E-state index in [0.29, 0.717) is 27.5 Å². The average Bonchev–Trinajstić information content (AvgIpc) is 2.73. The Morgan fingerprint density at radius 3 is 2.53 bits per heavy atom. The Balaban J connectivity index is 1.79. The fourth-order valence-corrected chi connectivity index (χ4v) is 3.77. The first-order valence-corrected chi connectivity index (χ1v) is 9.37. The second-order valence-corrected chi connectivity index (χ2v) is 7.20. The van der Waals surface area contributed by atoms with E-state index >= 15 is 0 Å². The standard InChI is InChI=1S/C21H22O9/c1-9-6-10(28-21-19(25)18(24)17(23)14(8-22)30-21)7-13-15(9)16-11(20(26)29-13)4-3-5-12(16)27-2/h3-7,14,17-19,21-25H,8H2,1-2H3/t14-,17-,18+,19-,21-/m1/s1. The van der Waals surface area contributed by atoms with E-state index in [2.05, 4.69) is 0 Å². The number of aliphatic hydroxyl groups excluding tert-OH is 4. The summed E-state index contributed by atoms with van der Waals surface area (Å²) in [5.74, 6) is 0.734. The zero-order chi connectivity index (χ0) is 21.6. The molecule has 30 heavy (non-hydrogen) atoms. The molecule has 2 aromatic carbocycles. The van der Waals surface area contributed by atoms with Crippen LogP contribution in [0.4, 0.5) is 0 Å². The highest BCUT2D eigenvalue weighted by molar-refractivity contribution is 6.09. The van der Waals surface area contributed by atoms with Gasteiger partial charge in [0.1, 0.15) is 41.5 Å². The Morgan fingerprint density at radius 1 is 1.07 bits per heavy atom. The lowest BCUT2D eigenvalue weighted by molar-refractivity contribution is -0.277. The van der Waals surface area contributed by atoms with Gasteiger partial charge in [0, 0.05) is 16.8 Å². The summed E-state index contributed by atoms with van der Waals surface area (Å²) in [6.07, 6.45) is -7.05. The van der Waals surface area contributed by atoms with Gasteiger partial charge in [-0.15, -0.1) is 0 Å². The zero-order valence-corrected chi connectivity index (χ0v) is 16.3. The normalized spacial score (nSPS) is 26.8. The number of aryl methyl sites for hydroxylation is 1. The molecule has 1 aliphatic rings. The van der Waals surface area contributed by atoms with E-state index in [1.807, 2.05) is 0 Å². The summed E-state index contributed by atoms with van der Waals surface area (Å²) in [7, 11) is 1.52. The molecule has 2 heterocycles. The fraction of sp³-hybridized carbons (Fsp3) is 0.381. The molecule has 3 aromatic rings. The third kappa shape index (κ3) is 3.30. The van der Waals surface area contributed by atoms with Crippen molar-refractivity contribution in [2.45, 2.75) is 37.6 Å². The van der Waals surface area contributed by atoms with E-state index in [1.54, 1.807) is 31.2 Å². The topological polar surface area (TPSA) is 139 Å². The van der Waals surface area contributed by atoms with Gasteiger partial charge in [-0.05, 0) is 30.7 Å². The predicted octanol–water partition coefficient (Wildman–Crippen LogP) is 0.442. The minimum Gasteiger partial charge on any atom is -0.496 e. The van der Waals surface area contributed by atoms with E-state index in [9.17, 15) is 25.2 Å². The van der Waals surface area contributed by atoms with Crippen molar-refractivity contribution in [3.05, 3.63) is 46.3 Å². The molecular weight excluding hydrogens is 396 g/mol. The molecule has 1 fully saturated rings. The quantitative estimate of drug-likeness (QED) is 0.351. The first-order valence-electron chi connectivity index (χ1n) is 9.37. The molecule has 160 valence electrons. The second kappa shape index (κ2) is 7.86. The minimum atomic E-state index is -1.56. The number of benzene rings is 2. The smallest absolute Gasteiger partial charge is 0.344 e. The SMILES string of the molecule is COc1cccc2c(=O)oc3cc(O[C@@H]4O[C@H](CO)[C@@H](O)[C@H](O)[C@H]4O)cc(C)c3c12. The summed E-state index contributed by atoms with van der Waals surface area (Å²) in [5.41, 5.74) is 0.419. The lowest BCUT2D eigenvalue weighted by Crippen LogP contribution is -2.60. The molecule has 4 N–H and O–H groups in total. The van der Waals surface area contributed by atoms with Gasteiger partial charge >= 0.3 is 5.63 Å². The summed E-state index contributed by atoms with van der Waals surface area (Å²) in [6.45, 7) is 1.23. The number of hydrogen-bond donors (Lipinski definition) is 4. The van der Waals surface area contributed by atoms with Crippen molar-refractivity contribution in [2.75, 3.05) is 13.7 Å². The molecule has 4 rings (SSSR count). The van der Waals surface area contributed by atoms with E-state index in [-0.39, 0.29) is 11.3 Å². The Labute approximate surface area is 170 Å². The van der Waals surface area contributed by atoms with E-state index in [1.165, 1.54) is 13.2 Å². The Bertz CT molecular complexity index is 1140. The summed E-state index contributed by atoms with van der Waals surface area (Å²) >= 11 is 0. The van der Waals surface area contributed by atoms with Crippen LogP contribution >= 0.6 is 0 Å². The van der Waals surface area contributed by atoms with Crippen molar-refractivity contribution >= 4 is 21.7 Å². The van der Waals surface area contributed by atoms with E-state index in [4.69, 9.17) is 18.6 Å². The molecule has 0 amide bonds. The van der Waals surface area contributed by atoms with Crippen LogP contribution in [0.25, 0.3) is 21.7 Å². The lowest BCUT2D eigenvalue weighted by Gasteiger charge is -2.39. The van der Waals surface area contributed by atoms with Crippen LogP contribution in [0.3, 0.4) is 0 Å². The van der Waals surface area contributed by atoms with Gasteiger partial charge in [0.2, 0.25) is 6.29 Å². The number of aliphatic hydroxyl groups is 4. The maximum Gasteiger partial charge on any atom is 0.344 e.